The van der Waals surface area contributed by atoms with E-state index in [2.05, 4.69) is 4.72 Å². The molecule has 4 nitrogen and oxygen atoms in total. The zero-order valence-electron chi connectivity index (χ0n) is 11.7. The Labute approximate surface area is 133 Å². The molecule has 0 radical (unpaired) electrons. The summed E-state index contributed by atoms with van der Waals surface area (Å²) in [5.41, 5.74) is 1.19. The predicted octanol–water partition coefficient (Wildman–Crippen LogP) is 3.76. The molecule has 0 saturated carbocycles. The van der Waals surface area contributed by atoms with Gasteiger partial charge in [0.25, 0.3) is 10.0 Å². The van der Waals surface area contributed by atoms with Gasteiger partial charge in [-0.25, -0.2) is 12.8 Å². The van der Waals surface area contributed by atoms with Crippen molar-refractivity contribution in [3.63, 3.8) is 0 Å². The summed E-state index contributed by atoms with van der Waals surface area (Å²) in [5.74, 6) is -0.612. The van der Waals surface area contributed by atoms with Crippen LogP contribution in [0.15, 0.2) is 52.3 Å². The molecule has 0 aliphatic heterocycles. The van der Waals surface area contributed by atoms with Gasteiger partial charge in [0, 0.05) is 4.90 Å². The van der Waals surface area contributed by atoms with Crippen molar-refractivity contribution >= 4 is 27.5 Å². The highest BCUT2D eigenvalue weighted by Crippen LogP contribution is 2.26. The third-order valence-corrected chi connectivity index (χ3v) is 4.92. The van der Waals surface area contributed by atoms with Crippen LogP contribution in [0.5, 0.6) is 0 Å². The van der Waals surface area contributed by atoms with E-state index in [1.165, 1.54) is 18.2 Å². The maximum Gasteiger partial charge on any atom is 0.262 e. The fourth-order valence-corrected chi connectivity index (χ4v) is 3.49. The second-order valence-electron chi connectivity index (χ2n) is 4.43. The van der Waals surface area contributed by atoms with E-state index in [-0.39, 0.29) is 4.90 Å². The van der Waals surface area contributed by atoms with Gasteiger partial charge in [0.1, 0.15) is 11.2 Å². The number of hydrogen-bond acceptors (Lipinski definition) is 4. The molecular formula is C15H13FN2O2S2. The van der Waals surface area contributed by atoms with Crippen LogP contribution in [0.4, 0.5) is 10.1 Å². The predicted molar refractivity (Wildman–Crippen MR) is 84.5 cm³/mol. The minimum absolute atomic E-state index is 0.134. The molecule has 0 aliphatic carbocycles. The number of nitriles is 1. The zero-order chi connectivity index (χ0) is 16.2. The molecule has 2 aromatic carbocycles. The van der Waals surface area contributed by atoms with E-state index in [9.17, 15) is 12.8 Å². The summed E-state index contributed by atoms with van der Waals surface area (Å²) < 4.78 is 40.3. The third-order valence-electron chi connectivity index (χ3n) is 2.97. The van der Waals surface area contributed by atoms with Gasteiger partial charge in [-0.2, -0.15) is 5.26 Å². The monoisotopic (exact) mass is 336 g/mol. The molecule has 7 heteroatoms. The quantitative estimate of drug-likeness (QED) is 0.666. The first-order valence-electron chi connectivity index (χ1n) is 6.43. The number of sulfonamides is 1. The Morgan fingerprint density at radius 2 is 2.05 bits per heavy atom. The van der Waals surface area contributed by atoms with Crippen LogP contribution in [-0.4, -0.2) is 8.42 Å². The molecule has 0 atom stereocenters. The van der Waals surface area contributed by atoms with Crippen molar-refractivity contribution in [3.8, 4) is 5.40 Å². The molecule has 114 valence electrons. The number of nitrogens with one attached hydrogen (secondary N) is 1. The Hall–Kier alpha value is -2.04. The van der Waals surface area contributed by atoms with E-state index >= 15 is 0 Å². The Kier molecular flexibility index (Phi) is 5.06. The van der Waals surface area contributed by atoms with Crippen LogP contribution in [0, 0.1) is 16.5 Å². The molecule has 0 aromatic heterocycles. The lowest BCUT2D eigenvalue weighted by molar-refractivity contribution is 0.595. The van der Waals surface area contributed by atoms with E-state index in [0.717, 1.165) is 28.3 Å². The lowest BCUT2D eigenvalue weighted by Crippen LogP contribution is -2.14. The Morgan fingerprint density at radius 3 is 2.68 bits per heavy atom. The van der Waals surface area contributed by atoms with Crippen molar-refractivity contribution in [2.75, 3.05) is 4.72 Å². The van der Waals surface area contributed by atoms with Gasteiger partial charge >= 0.3 is 0 Å². The van der Waals surface area contributed by atoms with Gasteiger partial charge in [-0.15, -0.1) is 0 Å². The first-order valence-corrected chi connectivity index (χ1v) is 8.73. The van der Waals surface area contributed by atoms with Gasteiger partial charge in [-0.3, -0.25) is 4.72 Å². The number of anilines is 1. The minimum atomic E-state index is -3.86. The lowest BCUT2D eigenvalue weighted by Gasteiger charge is -2.12. The maximum atomic E-state index is 13.2. The van der Waals surface area contributed by atoms with Crippen molar-refractivity contribution in [1.82, 2.24) is 0 Å². The number of thioether (sulfide) groups is 1. The van der Waals surface area contributed by atoms with E-state index < -0.39 is 15.8 Å². The van der Waals surface area contributed by atoms with Crippen LogP contribution in [-0.2, 0) is 16.4 Å². The molecule has 0 aliphatic rings. The summed E-state index contributed by atoms with van der Waals surface area (Å²) in [6, 6.07) is 9.86. The van der Waals surface area contributed by atoms with E-state index in [4.69, 9.17) is 5.26 Å². The second kappa shape index (κ2) is 6.81. The zero-order valence-corrected chi connectivity index (χ0v) is 13.3. The average Bonchev–Trinajstić information content (AvgIpc) is 2.49. The van der Waals surface area contributed by atoms with Crippen molar-refractivity contribution in [3.05, 3.63) is 53.8 Å². The fraction of sp³-hybridized carbons (Fsp3) is 0.133. The van der Waals surface area contributed by atoms with Crippen LogP contribution < -0.4 is 4.72 Å². The number of nitrogens with zero attached hydrogens (tertiary/aromatic N) is 1. The number of aryl methyl sites for hydroxylation is 1. The second-order valence-corrected chi connectivity index (χ2v) is 6.97. The number of benzene rings is 2. The summed E-state index contributed by atoms with van der Waals surface area (Å²) in [5, 5.41) is 10.7. The molecule has 0 amide bonds. The van der Waals surface area contributed by atoms with Crippen molar-refractivity contribution in [2.24, 2.45) is 0 Å². The first kappa shape index (κ1) is 16.3. The standard InChI is InChI=1S/C15H13FN2O2S2/c1-2-11-8-13(21-10-17)6-7-15(11)18-22(19,20)14-5-3-4-12(16)9-14/h3-9,18H,2H2,1H3. The molecule has 0 bridgehead atoms. The number of halogens is 1. The van der Waals surface area contributed by atoms with Crippen molar-refractivity contribution in [2.45, 2.75) is 23.1 Å². The van der Waals surface area contributed by atoms with Crippen LogP contribution in [0.3, 0.4) is 0 Å². The smallest absolute Gasteiger partial charge is 0.262 e. The summed E-state index contributed by atoms with van der Waals surface area (Å²) in [7, 11) is -3.86. The van der Waals surface area contributed by atoms with Crippen LogP contribution in [0.25, 0.3) is 0 Å². The van der Waals surface area contributed by atoms with E-state index in [0.29, 0.717) is 12.1 Å². The molecule has 2 rings (SSSR count). The van der Waals surface area contributed by atoms with Crippen molar-refractivity contribution < 1.29 is 12.8 Å². The highest BCUT2D eigenvalue weighted by molar-refractivity contribution is 8.03. The third kappa shape index (κ3) is 3.78. The van der Waals surface area contributed by atoms with Crippen LogP contribution >= 0.6 is 11.8 Å². The summed E-state index contributed by atoms with van der Waals surface area (Å²) in [4.78, 5) is 0.609. The van der Waals surface area contributed by atoms with Crippen LogP contribution in [0.1, 0.15) is 12.5 Å². The normalized spacial score (nSPS) is 11.0. The highest BCUT2D eigenvalue weighted by Gasteiger charge is 2.16. The van der Waals surface area contributed by atoms with Gasteiger partial charge < -0.3 is 0 Å². The molecule has 0 unspecified atom stereocenters. The van der Waals surface area contributed by atoms with Gasteiger partial charge in [-0.1, -0.05) is 13.0 Å². The van der Waals surface area contributed by atoms with Gasteiger partial charge in [0.15, 0.2) is 0 Å². The Bertz CT molecular complexity index is 830. The molecule has 0 spiro atoms. The van der Waals surface area contributed by atoms with Crippen LogP contribution in [0.2, 0.25) is 0 Å². The molecule has 0 heterocycles. The molecule has 2 aromatic rings. The Balaban J connectivity index is 2.35. The summed E-state index contributed by atoms with van der Waals surface area (Å²) in [6.07, 6.45) is 0.598. The number of hydrogen-bond donors (Lipinski definition) is 1. The van der Waals surface area contributed by atoms with Gasteiger partial charge in [0.2, 0.25) is 0 Å². The minimum Gasteiger partial charge on any atom is -0.279 e. The van der Waals surface area contributed by atoms with Gasteiger partial charge in [0.05, 0.1) is 10.6 Å². The molecule has 22 heavy (non-hydrogen) atoms. The molecule has 0 fully saturated rings. The summed E-state index contributed by atoms with van der Waals surface area (Å²) in [6.45, 7) is 1.89. The molecular weight excluding hydrogens is 323 g/mol. The number of thiocyanates is 1. The topological polar surface area (TPSA) is 70.0 Å². The number of rotatable bonds is 5. The van der Waals surface area contributed by atoms with Gasteiger partial charge in [-0.05, 0) is 60.1 Å². The highest BCUT2D eigenvalue weighted by atomic mass is 32.2. The Morgan fingerprint density at radius 1 is 1.27 bits per heavy atom. The molecule has 0 saturated heterocycles. The largest absolute Gasteiger partial charge is 0.279 e. The summed E-state index contributed by atoms with van der Waals surface area (Å²) >= 11 is 1.01. The molecule has 1 N–H and O–H groups in total. The van der Waals surface area contributed by atoms with E-state index in [1.54, 1.807) is 18.2 Å². The first-order chi connectivity index (χ1) is 10.5. The lowest BCUT2D eigenvalue weighted by atomic mass is 10.1. The fourth-order valence-electron chi connectivity index (χ4n) is 1.92. The average molecular weight is 336 g/mol. The maximum absolute atomic E-state index is 13.2. The van der Waals surface area contributed by atoms with E-state index in [1.807, 2.05) is 12.3 Å². The van der Waals surface area contributed by atoms with Crippen molar-refractivity contribution in [1.29, 1.82) is 5.26 Å². The SMILES string of the molecule is CCc1cc(SC#N)ccc1NS(=O)(=O)c1cccc(F)c1.